The molecule has 1 aromatic rings. The van der Waals surface area contributed by atoms with Gasteiger partial charge in [0.05, 0.1) is 12.2 Å². The van der Waals surface area contributed by atoms with Gasteiger partial charge in [-0.3, -0.25) is 4.79 Å². The summed E-state index contributed by atoms with van der Waals surface area (Å²) in [5.41, 5.74) is 7.01. The van der Waals surface area contributed by atoms with Gasteiger partial charge in [-0.05, 0) is 23.5 Å². The van der Waals surface area contributed by atoms with Crippen molar-refractivity contribution < 1.29 is 14.6 Å². The molecule has 1 aliphatic carbocycles. The third kappa shape index (κ3) is 3.80. The Balaban J connectivity index is 1.95. The first-order valence-electron chi connectivity index (χ1n) is 9.40. The highest BCUT2D eigenvalue weighted by atomic mass is 16.5. The van der Waals surface area contributed by atoms with Crippen LogP contribution in [0.25, 0.3) is 0 Å². The van der Waals surface area contributed by atoms with E-state index in [0.29, 0.717) is 13.0 Å². The third-order valence-electron chi connectivity index (χ3n) is 5.85. The van der Waals surface area contributed by atoms with E-state index in [1.54, 1.807) is 0 Å². The normalized spacial score (nSPS) is 26.1. The number of hydrogen-bond acceptors (Lipinski definition) is 4. The van der Waals surface area contributed by atoms with Crippen LogP contribution in [-0.4, -0.2) is 35.8 Å². The van der Waals surface area contributed by atoms with Gasteiger partial charge in [0, 0.05) is 25.0 Å². The van der Waals surface area contributed by atoms with Crippen LogP contribution in [0.3, 0.4) is 0 Å². The summed E-state index contributed by atoms with van der Waals surface area (Å²) >= 11 is 0. The van der Waals surface area contributed by atoms with Crippen molar-refractivity contribution >= 4 is 5.91 Å². The summed E-state index contributed by atoms with van der Waals surface area (Å²) in [5.74, 6) is -0.233. The molecule has 5 nitrogen and oxygen atoms in total. The van der Waals surface area contributed by atoms with Crippen molar-refractivity contribution in [3.63, 3.8) is 0 Å². The van der Waals surface area contributed by atoms with E-state index in [9.17, 15) is 9.90 Å². The maximum absolute atomic E-state index is 12.6. The Morgan fingerprint density at radius 1 is 1.35 bits per heavy atom. The number of rotatable bonds is 6. The van der Waals surface area contributed by atoms with E-state index in [0.717, 1.165) is 5.56 Å². The van der Waals surface area contributed by atoms with Crippen molar-refractivity contribution in [3.05, 3.63) is 35.4 Å². The second kappa shape index (κ2) is 7.29. The minimum Gasteiger partial charge on any atom is -0.387 e. The Morgan fingerprint density at radius 2 is 1.92 bits per heavy atom. The molecule has 0 heterocycles. The van der Waals surface area contributed by atoms with Crippen LogP contribution in [0.15, 0.2) is 24.3 Å². The summed E-state index contributed by atoms with van der Waals surface area (Å²) in [6.45, 7) is 13.0. The third-order valence-corrected chi connectivity index (χ3v) is 5.85. The van der Waals surface area contributed by atoms with Gasteiger partial charge in [0.1, 0.15) is 5.54 Å². The predicted molar refractivity (Wildman–Crippen MR) is 104 cm³/mol. The van der Waals surface area contributed by atoms with Crippen molar-refractivity contribution in [2.24, 2.45) is 11.1 Å². The van der Waals surface area contributed by atoms with E-state index in [2.05, 4.69) is 26.1 Å². The number of aliphatic hydroxyl groups excluding tert-OH is 1. The molecule has 1 saturated carbocycles. The lowest BCUT2D eigenvalue weighted by Crippen LogP contribution is -2.75. The standard InChI is InChI=1S/C21H34N2O3/c1-7-26-17-12-21(22,20(17,5)6)18(25)23-13-16(24)14-8-10-15(11-9-14)19(2,3)4/h8-11,16-17,24H,7,12-13,22H2,1-6H3,(H,23,25). The van der Waals surface area contributed by atoms with Crippen LogP contribution in [-0.2, 0) is 14.9 Å². The van der Waals surface area contributed by atoms with E-state index in [-0.39, 0.29) is 24.0 Å². The largest absolute Gasteiger partial charge is 0.387 e. The summed E-state index contributed by atoms with van der Waals surface area (Å²) in [4.78, 5) is 12.6. The molecule has 1 aliphatic rings. The fourth-order valence-corrected chi connectivity index (χ4v) is 3.49. The van der Waals surface area contributed by atoms with E-state index < -0.39 is 17.1 Å². The number of carbonyl (C=O) groups excluding carboxylic acids is 1. The van der Waals surface area contributed by atoms with E-state index in [4.69, 9.17) is 10.5 Å². The quantitative estimate of drug-likeness (QED) is 0.726. The molecule has 1 fully saturated rings. The predicted octanol–water partition coefficient (Wildman–Crippen LogP) is 2.67. The van der Waals surface area contributed by atoms with Gasteiger partial charge < -0.3 is 20.9 Å². The summed E-state index contributed by atoms with van der Waals surface area (Å²) in [6, 6.07) is 7.86. The summed E-state index contributed by atoms with van der Waals surface area (Å²) < 4.78 is 5.66. The molecule has 0 bridgehead atoms. The first kappa shape index (κ1) is 20.9. The highest BCUT2D eigenvalue weighted by molar-refractivity contribution is 5.88. The average molecular weight is 363 g/mol. The van der Waals surface area contributed by atoms with Crippen molar-refractivity contribution in [1.82, 2.24) is 5.32 Å². The second-order valence-corrected chi connectivity index (χ2v) is 8.94. The van der Waals surface area contributed by atoms with Gasteiger partial charge in [0.25, 0.3) is 0 Å². The fourth-order valence-electron chi connectivity index (χ4n) is 3.49. The van der Waals surface area contributed by atoms with Crippen LogP contribution in [0.1, 0.15) is 65.2 Å². The zero-order valence-electron chi connectivity index (χ0n) is 16.9. The zero-order valence-corrected chi connectivity index (χ0v) is 16.9. The number of benzene rings is 1. The lowest BCUT2D eigenvalue weighted by Gasteiger charge is -2.57. The summed E-state index contributed by atoms with van der Waals surface area (Å²) in [6.07, 6.45) is -0.281. The minimum atomic E-state index is -0.970. The molecular formula is C21H34N2O3. The maximum Gasteiger partial charge on any atom is 0.240 e. The SMILES string of the molecule is CCOC1CC(N)(C(=O)NCC(O)c2ccc(C(C)(C)C)cc2)C1(C)C. The first-order valence-corrected chi connectivity index (χ1v) is 9.40. The molecule has 5 heteroatoms. The topological polar surface area (TPSA) is 84.6 Å². The van der Waals surface area contributed by atoms with Crippen LogP contribution < -0.4 is 11.1 Å². The lowest BCUT2D eigenvalue weighted by molar-refractivity contribution is -0.170. The number of carbonyl (C=O) groups is 1. The molecule has 0 radical (unpaired) electrons. The lowest BCUT2D eigenvalue weighted by atomic mass is 9.54. The van der Waals surface area contributed by atoms with Gasteiger partial charge in [-0.1, -0.05) is 58.9 Å². The van der Waals surface area contributed by atoms with Crippen molar-refractivity contribution in [1.29, 1.82) is 0 Å². The minimum absolute atomic E-state index is 0.0156. The monoisotopic (exact) mass is 362 g/mol. The van der Waals surface area contributed by atoms with Gasteiger partial charge in [-0.25, -0.2) is 0 Å². The molecule has 1 aromatic carbocycles. The van der Waals surface area contributed by atoms with Crippen molar-refractivity contribution in [2.45, 2.75) is 71.1 Å². The number of nitrogens with two attached hydrogens (primary N) is 1. The van der Waals surface area contributed by atoms with Crippen LogP contribution in [0.4, 0.5) is 0 Å². The molecule has 3 unspecified atom stereocenters. The maximum atomic E-state index is 12.6. The number of aliphatic hydroxyl groups is 1. The molecule has 1 amide bonds. The molecule has 3 atom stereocenters. The van der Waals surface area contributed by atoms with Crippen LogP contribution >= 0.6 is 0 Å². The Morgan fingerprint density at radius 3 is 2.38 bits per heavy atom. The first-order chi connectivity index (χ1) is 11.9. The Labute approximate surface area is 157 Å². The van der Waals surface area contributed by atoms with Gasteiger partial charge in [0.15, 0.2) is 0 Å². The van der Waals surface area contributed by atoms with E-state index in [1.807, 2.05) is 45.0 Å². The average Bonchev–Trinajstić information content (AvgIpc) is 2.58. The Bertz CT molecular complexity index is 634. The molecule has 0 spiro atoms. The number of ether oxygens (including phenoxy) is 1. The fraction of sp³-hybridized carbons (Fsp3) is 0.667. The smallest absolute Gasteiger partial charge is 0.240 e. The number of hydrogen-bond donors (Lipinski definition) is 3. The van der Waals surface area contributed by atoms with Gasteiger partial charge in [-0.2, -0.15) is 0 Å². The molecule has 0 aliphatic heterocycles. The van der Waals surface area contributed by atoms with E-state index >= 15 is 0 Å². The number of amides is 1. The van der Waals surface area contributed by atoms with Crippen LogP contribution in [0.2, 0.25) is 0 Å². The summed E-state index contributed by atoms with van der Waals surface area (Å²) in [5, 5.41) is 13.2. The van der Waals surface area contributed by atoms with Crippen molar-refractivity contribution in [2.75, 3.05) is 13.2 Å². The molecule has 2 rings (SSSR count). The molecule has 4 N–H and O–H groups in total. The molecule has 146 valence electrons. The molecule has 0 aromatic heterocycles. The Kier molecular flexibility index (Phi) is 5.86. The van der Waals surface area contributed by atoms with Crippen LogP contribution in [0, 0.1) is 5.41 Å². The highest BCUT2D eigenvalue weighted by Gasteiger charge is 2.62. The van der Waals surface area contributed by atoms with Crippen LogP contribution in [0.5, 0.6) is 0 Å². The van der Waals surface area contributed by atoms with Crippen molar-refractivity contribution in [3.8, 4) is 0 Å². The molecular weight excluding hydrogens is 328 g/mol. The van der Waals surface area contributed by atoms with Gasteiger partial charge in [0.2, 0.25) is 5.91 Å². The van der Waals surface area contributed by atoms with Gasteiger partial charge in [-0.15, -0.1) is 0 Å². The molecule has 0 saturated heterocycles. The summed E-state index contributed by atoms with van der Waals surface area (Å²) in [7, 11) is 0. The highest BCUT2D eigenvalue weighted by Crippen LogP contribution is 2.49. The Hall–Kier alpha value is -1.43. The second-order valence-electron chi connectivity index (χ2n) is 8.94. The number of nitrogens with one attached hydrogen (secondary N) is 1. The van der Waals surface area contributed by atoms with E-state index in [1.165, 1.54) is 5.56 Å². The van der Waals surface area contributed by atoms with Gasteiger partial charge >= 0.3 is 0 Å². The zero-order chi connectivity index (χ0) is 19.8. The molecule has 26 heavy (non-hydrogen) atoms.